The molecule has 0 atom stereocenters. The predicted octanol–water partition coefficient (Wildman–Crippen LogP) is 5.14. The van der Waals surface area contributed by atoms with Crippen molar-refractivity contribution in [3.05, 3.63) is 59.2 Å². The number of nitrogens with one attached hydrogen (secondary N) is 2. The van der Waals surface area contributed by atoms with Gasteiger partial charge < -0.3 is 15.0 Å². The van der Waals surface area contributed by atoms with Gasteiger partial charge in [-0.3, -0.25) is 4.79 Å². The molecule has 3 aromatic rings. The number of halogens is 1. The number of carbonyl (C=O) groups excluding carboxylic acids is 1. The highest BCUT2D eigenvalue weighted by Gasteiger charge is 2.32. The number of hydrogen-bond acceptors (Lipinski definition) is 2. The van der Waals surface area contributed by atoms with Gasteiger partial charge >= 0.3 is 0 Å². The lowest BCUT2D eigenvalue weighted by Gasteiger charge is -2.24. The van der Waals surface area contributed by atoms with Crippen molar-refractivity contribution in [1.29, 1.82) is 0 Å². The minimum Gasteiger partial charge on any atom is -0.492 e. The Morgan fingerprint density at radius 3 is 2.76 bits per heavy atom. The average Bonchev–Trinajstić information content (AvgIpc) is 3.00. The Bertz CT molecular complexity index is 915. The standard InChI is InChI=1S/C20H21ClN2O2/c1-4-25-18-8-6-5-7-17(18)23-19(24)20(2,3)15-12-22-16-10-9-13(21)11-14(15)16/h5-12,22H,4H2,1-3H3,(H,23,24). The molecule has 0 aliphatic heterocycles. The molecule has 0 bridgehead atoms. The number of benzene rings is 2. The third-order valence-electron chi connectivity index (χ3n) is 4.32. The molecule has 0 spiro atoms. The lowest BCUT2D eigenvalue weighted by atomic mass is 9.83. The van der Waals surface area contributed by atoms with E-state index in [0.717, 1.165) is 16.5 Å². The number of anilines is 1. The van der Waals surface area contributed by atoms with E-state index in [4.69, 9.17) is 16.3 Å². The SMILES string of the molecule is CCOc1ccccc1NC(=O)C(C)(C)c1c[nH]c2ccc(Cl)cc12. The third-order valence-corrected chi connectivity index (χ3v) is 4.55. The smallest absolute Gasteiger partial charge is 0.234 e. The first-order chi connectivity index (χ1) is 11.9. The Morgan fingerprint density at radius 2 is 2.00 bits per heavy atom. The van der Waals surface area contributed by atoms with Gasteiger partial charge in [-0.15, -0.1) is 0 Å². The van der Waals surface area contributed by atoms with E-state index in [-0.39, 0.29) is 5.91 Å². The van der Waals surface area contributed by atoms with Crippen molar-refractivity contribution < 1.29 is 9.53 Å². The Labute approximate surface area is 152 Å². The van der Waals surface area contributed by atoms with E-state index in [1.54, 1.807) is 0 Å². The number of amides is 1. The van der Waals surface area contributed by atoms with Crippen molar-refractivity contribution in [2.24, 2.45) is 0 Å². The summed E-state index contributed by atoms with van der Waals surface area (Å²) in [6.45, 7) is 6.25. The van der Waals surface area contributed by atoms with E-state index in [9.17, 15) is 4.79 Å². The molecule has 4 nitrogen and oxygen atoms in total. The van der Waals surface area contributed by atoms with Crippen molar-refractivity contribution in [2.45, 2.75) is 26.2 Å². The molecular weight excluding hydrogens is 336 g/mol. The van der Waals surface area contributed by atoms with Crippen LogP contribution in [0.2, 0.25) is 5.02 Å². The number of carbonyl (C=O) groups is 1. The summed E-state index contributed by atoms with van der Waals surface area (Å²) < 4.78 is 5.59. The number of hydrogen-bond donors (Lipinski definition) is 2. The van der Waals surface area contributed by atoms with Crippen LogP contribution >= 0.6 is 11.6 Å². The molecule has 0 radical (unpaired) electrons. The van der Waals surface area contributed by atoms with Crippen LogP contribution in [0.4, 0.5) is 5.69 Å². The summed E-state index contributed by atoms with van der Waals surface area (Å²) in [5.41, 5.74) is 1.77. The minimum absolute atomic E-state index is 0.111. The van der Waals surface area contributed by atoms with Crippen molar-refractivity contribution in [3.63, 3.8) is 0 Å². The summed E-state index contributed by atoms with van der Waals surface area (Å²) in [4.78, 5) is 16.2. The van der Waals surface area contributed by atoms with Gasteiger partial charge in [-0.2, -0.15) is 0 Å². The average molecular weight is 357 g/mol. The molecule has 0 saturated carbocycles. The Morgan fingerprint density at radius 1 is 1.24 bits per heavy atom. The monoisotopic (exact) mass is 356 g/mol. The van der Waals surface area contributed by atoms with Gasteiger partial charge in [0.15, 0.2) is 0 Å². The summed E-state index contributed by atoms with van der Waals surface area (Å²) in [6, 6.07) is 13.1. The quantitative estimate of drug-likeness (QED) is 0.665. The molecule has 1 amide bonds. The highest BCUT2D eigenvalue weighted by molar-refractivity contribution is 6.31. The summed E-state index contributed by atoms with van der Waals surface area (Å²) in [6.07, 6.45) is 1.87. The van der Waals surface area contributed by atoms with E-state index in [1.807, 2.05) is 69.4 Å². The first kappa shape index (κ1) is 17.4. The second kappa shape index (κ2) is 6.81. The van der Waals surface area contributed by atoms with Gasteiger partial charge in [0, 0.05) is 22.1 Å². The van der Waals surface area contributed by atoms with Gasteiger partial charge in [0.1, 0.15) is 5.75 Å². The first-order valence-electron chi connectivity index (χ1n) is 8.24. The van der Waals surface area contributed by atoms with Gasteiger partial charge in [0.25, 0.3) is 0 Å². The second-order valence-corrected chi connectivity index (χ2v) is 6.84. The number of H-pyrrole nitrogens is 1. The van der Waals surface area contributed by atoms with E-state index in [2.05, 4.69) is 10.3 Å². The van der Waals surface area contributed by atoms with Crippen LogP contribution in [0.25, 0.3) is 10.9 Å². The van der Waals surface area contributed by atoms with Gasteiger partial charge in [0.2, 0.25) is 5.91 Å². The Balaban J connectivity index is 1.94. The maximum atomic E-state index is 13.0. The van der Waals surface area contributed by atoms with E-state index in [1.165, 1.54) is 0 Å². The molecule has 2 N–H and O–H groups in total. The topological polar surface area (TPSA) is 54.1 Å². The fourth-order valence-electron chi connectivity index (χ4n) is 2.86. The molecule has 1 heterocycles. The highest BCUT2D eigenvalue weighted by Crippen LogP contribution is 2.34. The largest absolute Gasteiger partial charge is 0.492 e. The predicted molar refractivity (Wildman–Crippen MR) is 103 cm³/mol. The van der Waals surface area contributed by atoms with E-state index < -0.39 is 5.41 Å². The third kappa shape index (κ3) is 3.35. The molecule has 25 heavy (non-hydrogen) atoms. The number of aromatic nitrogens is 1. The normalized spacial score (nSPS) is 11.5. The van der Waals surface area contributed by atoms with Crippen LogP contribution < -0.4 is 10.1 Å². The molecule has 3 rings (SSSR count). The zero-order valence-electron chi connectivity index (χ0n) is 14.5. The highest BCUT2D eigenvalue weighted by atomic mass is 35.5. The number of aromatic amines is 1. The number of fused-ring (bicyclic) bond motifs is 1. The van der Waals surface area contributed by atoms with Gasteiger partial charge in [-0.05, 0) is 56.7 Å². The van der Waals surface area contributed by atoms with Crippen molar-refractivity contribution >= 4 is 34.1 Å². The summed E-state index contributed by atoms with van der Waals surface area (Å²) >= 11 is 6.13. The van der Waals surface area contributed by atoms with Crippen LogP contribution in [0.15, 0.2) is 48.7 Å². The molecule has 0 unspecified atom stereocenters. The van der Waals surface area contributed by atoms with Crippen LogP contribution in [-0.2, 0) is 10.2 Å². The maximum Gasteiger partial charge on any atom is 0.234 e. The van der Waals surface area contributed by atoms with Crippen LogP contribution in [0.1, 0.15) is 26.3 Å². The molecule has 0 aliphatic rings. The van der Waals surface area contributed by atoms with Gasteiger partial charge in [-0.25, -0.2) is 0 Å². The molecular formula is C20H21ClN2O2. The zero-order valence-corrected chi connectivity index (χ0v) is 15.3. The second-order valence-electron chi connectivity index (χ2n) is 6.40. The number of para-hydroxylation sites is 2. The molecule has 0 fully saturated rings. The van der Waals surface area contributed by atoms with Gasteiger partial charge in [0.05, 0.1) is 17.7 Å². The summed E-state index contributed by atoms with van der Waals surface area (Å²) in [7, 11) is 0. The van der Waals surface area contributed by atoms with Crippen LogP contribution in [0, 0.1) is 0 Å². The Kier molecular flexibility index (Phi) is 4.73. The van der Waals surface area contributed by atoms with Crippen molar-refractivity contribution in [3.8, 4) is 5.75 Å². The van der Waals surface area contributed by atoms with E-state index in [0.29, 0.717) is 23.1 Å². The van der Waals surface area contributed by atoms with Crippen molar-refractivity contribution in [2.75, 3.05) is 11.9 Å². The zero-order chi connectivity index (χ0) is 18.0. The van der Waals surface area contributed by atoms with E-state index >= 15 is 0 Å². The fourth-order valence-corrected chi connectivity index (χ4v) is 3.03. The fraction of sp³-hybridized carbons (Fsp3) is 0.250. The molecule has 0 aliphatic carbocycles. The lowest BCUT2D eigenvalue weighted by Crippen LogP contribution is -2.34. The number of ether oxygens (including phenoxy) is 1. The van der Waals surface area contributed by atoms with Crippen LogP contribution in [0.3, 0.4) is 0 Å². The summed E-state index contributed by atoms with van der Waals surface area (Å²) in [5.74, 6) is 0.552. The maximum absolute atomic E-state index is 13.0. The van der Waals surface area contributed by atoms with Gasteiger partial charge in [-0.1, -0.05) is 23.7 Å². The molecule has 2 aromatic carbocycles. The molecule has 0 saturated heterocycles. The molecule has 130 valence electrons. The summed E-state index contributed by atoms with van der Waals surface area (Å²) in [5, 5.41) is 4.59. The van der Waals surface area contributed by atoms with Crippen LogP contribution in [-0.4, -0.2) is 17.5 Å². The first-order valence-corrected chi connectivity index (χ1v) is 8.61. The van der Waals surface area contributed by atoms with Crippen molar-refractivity contribution in [1.82, 2.24) is 4.98 Å². The number of rotatable bonds is 5. The molecule has 1 aromatic heterocycles. The minimum atomic E-state index is -0.748. The lowest BCUT2D eigenvalue weighted by molar-refractivity contribution is -0.120. The van der Waals surface area contributed by atoms with Crippen LogP contribution in [0.5, 0.6) is 5.75 Å². The Hall–Kier alpha value is -2.46. The molecule has 5 heteroatoms.